The maximum absolute atomic E-state index is 13.2. The molecule has 10 heteroatoms. The van der Waals surface area contributed by atoms with E-state index in [4.69, 9.17) is 0 Å². The van der Waals surface area contributed by atoms with Crippen LogP contribution in [0.2, 0.25) is 0 Å². The molecule has 3 aromatic rings. The van der Waals surface area contributed by atoms with Gasteiger partial charge in [-0.15, -0.1) is 0 Å². The van der Waals surface area contributed by atoms with Crippen LogP contribution in [0.25, 0.3) is 0 Å². The van der Waals surface area contributed by atoms with Gasteiger partial charge in [0.1, 0.15) is 16.5 Å². The zero-order valence-corrected chi connectivity index (χ0v) is 15.4. The number of anilines is 2. The highest BCUT2D eigenvalue weighted by Gasteiger charge is 2.17. The van der Waals surface area contributed by atoms with Gasteiger partial charge in [0.05, 0.1) is 12.2 Å². The van der Waals surface area contributed by atoms with Gasteiger partial charge in [-0.3, -0.25) is 4.72 Å². The minimum atomic E-state index is -3.98. The molecule has 0 bridgehead atoms. The van der Waals surface area contributed by atoms with Crippen molar-refractivity contribution in [3.05, 3.63) is 66.4 Å². The number of nitrogens with zero attached hydrogens (tertiary/aromatic N) is 4. The number of hydrogen-bond acceptors (Lipinski definition) is 5. The molecule has 2 aromatic heterocycles. The van der Waals surface area contributed by atoms with Gasteiger partial charge in [-0.05, 0) is 24.3 Å². The Balaban J connectivity index is 1.75. The summed E-state index contributed by atoms with van der Waals surface area (Å²) >= 11 is 0. The number of halogens is 2. The number of sulfonamides is 1. The number of pyridine rings is 1. The first-order valence-corrected chi connectivity index (χ1v) is 9.36. The van der Waals surface area contributed by atoms with E-state index in [2.05, 4.69) is 14.7 Å². The number of aromatic nitrogens is 3. The van der Waals surface area contributed by atoms with Crippen LogP contribution in [0, 0.1) is 11.6 Å². The van der Waals surface area contributed by atoms with Crippen molar-refractivity contribution in [2.75, 3.05) is 16.7 Å². The number of nitrogens with one attached hydrogen (secondary N) is 1. The van der Waals surface area contributed by atoms with Crippen LogP contribution in [0.3, 0.4) is 0 Å². The molecule has 0 atom stereocenters. The fourth-order valence-electron chi connectivity index (χ4n) is 2.37. The highest BCUT2D eigenvalue weighted by molar-refractivity contribution is 7.92. The van der Waals surface area contributed by atoms with Crippen LogP contribution in [0.15, 0.2) is 53.8 Å². The first-order chi connectivity index (χ1) is 12.8. The normalized spacial score (nSPS) is 11.4. The SMILES string of the molecule is CN(Cc1nccn1C)c1ccc(S(=O)(=O)Nc2ccc(F)c(F)c2)cn1. The van der Waals surface area contributed by atoms with Crippen LogP contribution < -0.4 is 9.62 Å². The molecule has 0 spiro atoms. The zero-order valence-electron chi connectivity index (χ0n) is 14.6. The van der Waals surface area contributed by atoms with Crippen molar-refractivity contribution in [3.8, 4) is 0 Å². The molecule has 0 saturated heterocycles. The van der Waals surface area contributed by atoms with Crippen molar-refractivity contribution >= 4 is 21.5 Å². The lowest BCUT2D eigenvalue weighted by molar-refractivity contribution is 0.509. The van der Waals surface area contributed by atoms with Crippen LogP contribution in [-0.4, -0.2) is 30.0 Å². The molecular weight excluding hydrogens is 376 g/mol. The third kappa shape index (κ3) is 4.22. The van der Waals surface area contributed by atoms with Crippen LogP contribution in [-0.2, 0) is 23.6 Å². The van der Waals surface area contributed by atoms with E-state index in [0.717, 1.165) is 24.0 Å². The molecule has 0 amide bonds. The first-order valence-electron chi connectivity index (χ1n) is 7.87. The van der Waals surface area contributed by atoms with Gasteiger partial charge >= 0.3 is 0 Å². The van der Waals surface area contributed by atoms with Gasteiger partial charge in [0.25, 0.3) is 10.0 Å². The van der Waals surface area contributed by atoms with Crippen molar-refractivity contribution in [3.63, 3.8) is 0 Å². The van der Waals surface area contributed by atoms with E-state index in [9.17, 15) is 17.2 Å². The van der Waals surface area contributed by atoms with Crippen molar-refractivity contribution in [1.82, 2.24) is 14.5 Å². The molecule has 0 fully saturated rings. The molecule has 7 nitrogen and oxygen atoms in total. The molecule has 0 radical (unpaired) electrons. The third-order valence-corrected chi connectivity index (χ3v) is 5.26. The molecule has 3 rings (SSSR count). The first kappa shape index (κ1) is 18.8. The summed E-state index contributed by atoms with van der Waals surface area (Å²) in [7, 11) is -0.290. The van der Waals surface area contributed by atoms with E-state index in [-0.39, 0.29) is 10.6 Å². The van der Waals surface area contributed by atoms with Gasteiger partial charge in [-0.25, -0.2) is 27.2 Å². The van der Waals surface area contributed by atoms with Crippen molar-refractivity contribution in [1.29, 1.82) is 0 Å². The Kier molecular flexibility index (Phi) is 5.08. The molecule has 0 aliphatic carbocycles. The number of aryl methyl sites for hydroxylation is 1. The van der Waals surface area contributed by atoms with Gasteiger partial charge < -0.3 is 9.47 Å². The number of imidazole rings is 1. The Morgan fingerprint density at radius 3 is 2.52 bits per heavy atom. The van der Waals surface area contributed by atoms with Gasteiger partial charge in [-0.1, -0.05) is 0 Å². The lowest BCUT2D eigenvalue weighted by atomic mass is 10.3. The van der Waals surface area contributed by atoms with Crippen molar-refractivity contribution in [2.45, 2.75) is 11.4 Å². The standard InChI is InChI=1S/C17H17F2N5O2S/c1-23-8-7-20-17(23)11-24(2)16-6-4-13(10-21-16)27(25,26)22-12-3-5-14(18)15(19)9-12/h3-10,22H,11H2,1-2H3. The summed E-state index contributed by atoms with van der Waals surface area (Å²) in [4.78, 5) is 10.1. The van der Waals surface area contributed by atoms with Gasteiger partial charge in [0.2, 0.25) is 0 Å². The predicted molar refractivity (Wildman–Crippen MR) is 96.7 cm³/mol. The Hall–Kier alpha value is -3.01. The summed E-state index contributed by atoms with van der Waals surface area (Å²) in [6, 6.07) is 5.71. The summed E-state index contributed by atoms with van der Waals surface area (Å²) < 4.78 is 55.1. The average Bonchev–Trinajstić information content (AvgIpc) is 3.03. The second-order valence-corrected chi connectivity index (χ2v) is 7.58. The number of rotatable bonds is 6. The molecule has 2 heterocycles. The van der Waals surface area contributed by atoms with E-state index in [1.807, 2.05) is 29.8 Å². The smallest absolute Gasteiger partial charge is 0.263 e. The molecule has 0 aliphatic rings. The average molecular weight is 393 g/mol. The lowest BCUT2D eigenvalue weighted by Gasteiger charge is -2.18. The van der Waals surface area contributed by atoms with Crippen LogP contribution in [0.1, 0.15) is 5.82 Å². The second kappa shape index (κ2) is 7.31. The molecule has 1 aromatic carbocycles. The summed E-state index contributed by atoms with van der Waals surface area (Å²) in [5, 5.41) is 0. The minimum absolute atomic E-state index is 0.0788. The summed E-state index contributed by atoms with van der Waals surface area (Å²) in [6.07, 6.45) is 4.72. The molecular formula is C17H17F2N5O2S. The third-order valence-electron chi connectivity index (χ3n) is 3.89. The Morgan fingerprint density at radius 1 is 1.15 bits per heavy atom. The van der Waals surface area contributed by atoms with Crippen molar-refractivity contribution < 1.29 is 17.2 Å². The van der Waals surface area contributed by atoms with Crippen LogP contribution >= 0.6 is 0 Å². The zero-order chi connectivity index (χ0) is 19.6. The molecule has 0 saturated carbocycles. The van der Waals surface area contributed by atoms with Crippen molar-refractivity contribution in [2.24, 2.45) is 7.05 Å². The van der Waals surface area contributed by atoms with E-state index in [0.29, 0.717) is 12.4 Å². The highest BCUT2D eigenvalue weighted by atomic mass is 32.2. The van der Waals surface area contributed by atoms with Gasteiger partial charge in [0, 0.05) is 38.8 Å². The topological polar surface area (TPSA) is 80.1 Å². The van der Waals surface area contributed by atoms with E-state index in [1.165, 1.54) is 12.3 Å². The summed E-state index contributed by atoms with van der Waals surface area (Å²) in [6.45, 7) is 0.496. The molecule has 0 unspecified atom stereocenters. The largest absolute Gasteiger partial charge is 0.352 e. The number of hydrogen-bond donors (Lipinski definition) is 1. The predicted octanol–water partition coefficient (Wildman–Crippen LogP) is 2.53. The van der Waals surface area contributed by atoms with E-state index in [1.54, 1.807) is 12.3 Å². The monoisotopic (exact) mass is 393 g/mol. The number of benzene rings is 1. The second-order valence-electron chi connectivity index (χ2n) is 5.90. The molecule has 1 N–H and O–H groups in total. The maximum atomic E-state index is 13.2. The summed E-state index contributed by atoms with van der Waals surface area (Å²) in [5.41, 5.74) is -0.0788. The van der Waals surface area contributed by atoms with E-state index < -0.39 is 21.7 Å². The molecule has 0 aliphatic heterocycles. The quantitative estimate of drug-likeness (QED) is 0.696. The Bertz CT molecular complexity index is 1050. The van der Waals surface area contributed by atoms with E-state index >= 15 is 0 Å². The Morgan fingerprint density at radius 2 is 1.93 bits per heavy atom. The summed E-state index contributed by atoms with van der Waals surface area (Å²) in [5.74, 6) is -0.805. The Labute approximate surface area is 155 Å². The van der Waals surface area contributed by atoms with Crippen LogP contribution in [0.5, 0.6) is 0 Å². The molecule has 27 heavy (non-hydrogen) atoms. The maximum Gasteiger partial charge on any atom is 0.263 e. The minimum Gasteiger partial charge on any atom is -0.352 e. The van der Waals surface area contributed by atoms with Crippen LogP contribution in [0.4, 0.5) is 20.3 Å². The fourth-order valence-corrected chi connectivity index (χ4v) is 3.37. The van der Waals surface area contributed by atoms with Gasteiger partial charge in [0.15, 0.2) is 11.6 Å². The lowest BCUT2D eigenvalue weighted by Crippen LogP contribution is -2.20. The molecule has 142 valence electrons. The highest BCUT2D eigenvalue weighted by Crippen LogP contribution is 2.20. The fraction of sp³-hybridized carbons (Fsp3) is 0.176. The van der Waals surface area contributed by atoms with Gasteiger partial charge in [-0.2, -0.15) is 0 Å².